The Morgan fingerprint density at radius 1 is 1.25 bits per heavy atom. The molecule has 1 N–H and O–H groups in total. The lowest BCUT2D eigenvalue weighted by molar-refractivity contribution is 0.0947. The van der Waals surface area contributed by atoms with Crippen LogP contribution in [0.15, 0.2) is 43.0 Å². The first-order chi connectivity index (χ1) is 9.83. The Labute approximate surface area is 115 Å². The van der Waals surface area contributed by atoms with Gasteiger partial charge in [-0.1, -0.05) is 0 Å². The highest BCUT2D eigenvalue weighted by atomic mass is 16.1. The van der Waals surface area contributed by atoms with E-state index < -0.39 is 0 Å². The predicted octanol–water partition coefficient (Wildman–Crippen LogP) is 0.746. The molecule has 0 fully saturated rings. The van der Waals surface area contributed by atoms with Gasteiger partial charge in [-0.25, -0.2) is 9.50 Å². The van der Waals surface area contributed by atoms with Crippen molar-refractivity contribution in [2.24, 2.45) is 0 Å². The summed E-state index contributed by atoms with van der Waals surface area (Å²) in [6, 6.07) is 5.32. The Kier molecular flexibility index (Phi) is 3.40. The second kappa shape index (κ2) is 5.52. The fourth-order valence-electron chi connectivity index (χ4n) is 1.91. The van der Waals surface area contributed by atoms with Crippen molar-refractivity contribution in [1.29, 1.82) is 0 Å². The molecule has 0 atom stereocenters. The third kappa shape index (κ3) is 2.66. The molecule has 0 aromatic carbocycles. The summed E-state index contributed by atoms with van der Waals surface area (Å²) in [5, 5.41) is 11.1. The number of aromatic nitrogens is 5. The third-order valence-corrected chi connectivity index (χ3v) is 2.88. The highest BCUT2D eigenvalue weighted by molar-refractivity contribution is 5.93. The minimum Gasteiger partial charge on any atom is -0.351 e. The summed E-state index contributed by atoms with van der Waals surface area (Å²) in [6.45, 7) is 1.36. The van der Waals surface area contributed by atoms with Gasteiger partial charge < -0.3 is 5.32 Å². The third-order valence-electron chi connectivity index (χ3n) is 2.88. The van der Waals surface area contributed by atoms with Crippen LogP contribution in [-0.2, 0) is 6.54 Å². The fourth-order valence-corrected chi connectivity index (χ4v) is 1.91. The van der Waals surface area contributed by atoms with Gasteiger partial charge >= 0.3 is 0 Å². The van der Waals surface area contributed by atoms with E-state index in [9.17, 15) is 4.79 Å². The van der Waals surface area contributed by atoms with Gasteiger partial charge in [-0.2, -0.15) is 10.2 Å². The Morgan fingerprint density at radius 3 is 2.95 bits per heavy atom. The Bertz CT molecular complexity index is 670. The monoisotopic (exact) mass is 270 g/mol. The van der Waals surface area contributed by atoms with Gasteiger partial charge in [-0.15, -0.1) is 0 Å². The molecule has 1 amide bonds. The van der Waals surface area contributed by atoms with Gasteiger partial charge in [0.05, 0.1) is 0 Å². The number of nitrogens with zero attached hydrogens (tertiary/aromatic N) is 5. The van der Waals surface area contributed by atoms with Crippen molar-refractivity contribution in [1.82, 2.24) is 29.7 Å². The fraction of sp³-hybridized carbons (Fsp3) is 0.231. The first-order valence-corrected chi connectivity index (χ1v) is 6.39. The van der Waals surface area contributed by atoms with E-state index in [1.165, 1.54) is 0 Å². The van der Waals surface area contributed by atoms with Crippen LogP contribution in [0.3, 0.4) is 0 Å². The van der Waals surface area contributed by atoms with E-state index in [4.69, 9.17) is 0 Å². The average Bonchev–Trinajstić information content (AvgIpc) is 3.12. The largest absolute Gasteiger partial charge is 0.351 e. The second-order valence-corrected chi connectivity index (χ2v) is 4.33. The van der Waals surface area contributed by atoms with Crippen molar-refractivity contribution in [3.63, 3.8) is 0 Å². The molecule has 0 bridgehead atoms. The van der Waals surface area contributed by atoms with Crippen molar-refractivity contribution in [2.75, 3.05) is 6.54 Å². The molecule has 0 aliphatic rings. The lowest BCUT2D eigenvalue weighted by Gasteiger charge is -2.03. The summed E-state index contributed by atoms with van der Waals surface area (Å²) in [5.41, 5.74) is 1.04. The number of aryl methyl sites for hydroxylation is 1. The first kappa shape index (κ1) is 12.3. The number of hydrogen-bond acceptors (Lipinski definition) is 4. The Balaban J connectivity index is 1.53. The number of fused-ring (bicyclic) bond motifs is 1. The van der Waals surface area contributed by atoms with E-state index in [2.05, 4.69) is 20.5 Å². The van der Waals surface area contributed by atoms with Crippen LogP contribution < -0.4 is 5.32 Å². The summed E-state index contributed by atoms with van der Waals surface area (Å²) in [5.74, 6) is -0.184. The number of carbonyl (C=O) groups is 1. The van der Waals surface area contributed by atoms with Crippen molar-refractivity contribution in [3.05, 3.63) is 48.7 Å². The quantitative estimate of drug-likeness (QED) is 0.694. The summed E-state index contributed by atoms with van der Waals surface area (Å²) in [6.07, 6.45) is 7.89. The van der Waals surface area contributed by atoms with Gasteiger partial charge in [0.15, 0.2) is 11.3 Å². The molecule has 0 saturated carbocycles. The first-order valence-electron chi connectivity index (χ1n) is 6.39. The maximum absolute atomic E-state index is 11.9. The highest BCUT2D eigenvalue weighted by Gasteiger charge is 2.10. The molecule has 0 spiro atoms. The minimum atomic E-state index is -0.184. The van der Waals surface area contributed by atoms with Crippen LogP contribution in [0.2, 0.25) is 0 Å². The lowest BCUT2D eigenvalue weighted by atomic mass is 10.3. The normalized spacial score (nSPS) is 10.8. The second-order valence-electron chi connectivity index (χ2n) is 4.33. The van der Waals surface area contributed by atoms with Gasteiger partial charge in [0.1, 0.15) is 0 Å². The van der Waals surface area contributed by atoms with E-state index in [-0.39, 0.29) is 5.91 Å². The molecule has 0 saturated heterocycles. The molecule has 0 aliphatic carbocycles. The predicted molar refractivity (Wildman–Crippen MR) is 72.2 cm³/mol. The van der Waals surface area contributed by atoms with E-state index >= 15 is 0 Å². The van der Waals surface area contributed by atoms with E-state index in [0.29, 0.717) is 17.9 Å². The van der Waals surface area contributed by atoms with Crippen LogP contribution in [0.5, 0.6) is 0 Å². The molecule has 102 valence electrons. The van der Waals surface area contributed by atoms with Crippen molar-refractivity contribution < 1.29 is 4.79 Å². The topological polar surface area (TPSA) is 77.1 Å². The number of hydrogen-bond donors (Lipinski definition) is 1. The molecule has 7 heteroatoms. The van der Waals surface area contributed by atoms with Crippen molar-refractivity contribution in [3.8, 4) is 0 Å². The van der Waals surface area contributed by atoms with E-state index in [0.717, 1.165) is 13.0 Å². The molecule has 20 heavy (non-hydrogen) atoms. The molecule has 3 rings (SSSR count). The smallest absolute Gasteiger partial charge is 0.271 e. The molecular weight excluding hydrogens is 256 g/mol. The standard InChI is InChI=1S/C13H14N6O/c20-13(15-5-1-7-18-8-3-6-16-18)11-10-12-14-4-2-9-19(12)17-11/h2-4,6,8-10H,1,5,7H2,(H,15,20). The van der Waals surface area contributed by atoms with Gasteiger partial charge in [0.2, 0.25) is 0 Å². The van der Waals surface area contributed by atoms with Crippen LogP contribution >= 0.6 is 0 Å². The Hall–Kier alpha value is -2.70. The van der Waals surface area contributed by atoms with E-state index in [1.807, 2.05) is 16.9 Å². The van der Waals surface area contributed by atoms with E-state index in [1.54, 1.807) is 35.2 Å². The van der Waals surface area contributed by atoms with Gasteiger partial charge in [-0.3, -0.25) is 9.48 Å². The SMILES string of the molecule is O=C(NCCCn1cccn1)c1cc2ncccn2n1. The average molecular weight is 270 g/mol. The van der Waals surface area contributed by atoms with Gasteiger partial charge in [0.25, 0.3) is 5.91 Å². The van der Waals surface area contributed by atoms with Gasteiger partial charge in [-0.05, 0) is 18.6 Å². The van der Waals surface area contributed by atoms with Crippen LogP contribution in [0.1, 0.15) is 16.9 Å². The molecule has 3 heterocycles. The highest BCUT2D eigenvalue weighted by Crippen LogP contribution is 2.02. The molecular formula is C13H14N6O. The zero-order chi connectivity index (χ0) is 13.8. The van der Waals surface area contributed by atoms with Crippen LogP contribution in [0.4, 0.5) is 0 Å². The molecule has 3 aromatic rings. The lowest BCUT2D eigenvalue weighted by Crippen LogP contribution is -2.25. The zero-order valence-corrected chi connectivity index (χ0v) is 10.8. The Morgan fingerprint density at radius 2 is 2.15 bits per heavy atom. The van der Waals surface area contributed by atoms with Crippen LogP contribution in [0.25, 0.3) is 5.65 Å². The summed E-state index contributed by atoms with van der Waals surface area (Å²) >= 11 is 0. The summed E-state index contributed by atoms with van der Waals surface area (Å²) < 4.78 is 3.42. The van der Waals surface area contributed by atoms with Crippen molar-refractivity contribution >= 4 is 11.6 Å². The summed E-state index contributed by atoms with van der Waals surface area (Å²) in [7, 11) is 0. The molecule has 0 radical (unpaired) electrons. The number of rotatable bonds is 5. The maximum Gasteiger partial charge on any atom is 0.271 e. The zero-order valence-electron chi connectivity index (χ0n) is 10.8. The molecule has 3 aromatic heterocycles. The molecule has 0 unspecified atom stereocenters. The van der Waals surface area contributed by atoms with Gasteiger partial charge in [0, 0.05) is 43.9 Å². The number of carbonyl (C=O) groups excluding carboxylic acids is 1. The maximum atomic E-state index is 11.9. The van der Waals surface area contributed by atoms with Crippen molar-refractivity contribution in [2.45, 2.75) is 13.0 Å². The molecule has 7 nitrogen and oxygen atoms in total. The summed E-state index contributed by atoms with van der Waals surface area (Å²) in [4.78, 5) is 16.1. The number of amides is 1. The van der Waals surface area contributed by atoms with Crippen LogP contribution in [-0.4, -0.2) is 36.8 Å². The van der Waals surface area contributed by atoms with Crippen LogP contribution in [0, 0.1) is 0 Å². The molecule has 0 aliphatic heterocycles. The number of nitrogens with one attached hydrogen (secondary N) is 1. The minimum absolute atomic E-state index is 0.184.